The molecule has 0 radical (unpaired) electrons. The highest BCUT2D eigenvalue weighted by atomic mass is 35.5. The van der Waals surface area contributed by atoms with Gasteiger partial charge in [0, 0.05) is 6.07 Å². The van der Waals surface area contributed by atoms with E-state index in [-0.39, 0.29) is 5.22 Å². The first kappa shape index (κ1) is 12.0. The van der Waals surface area contributed by atoms with Crippen molar-refractivity contribution in [3.63, 3.8) is 0 Å². The molecule has 0 spiro atoms. The van der Waals surface area contributed by atoms with Crippen LogP contribution in [0.5, 0.6) is 17.2 Å². The van der Waals surface area contributed by atoms with Crippen LogP contribution in [0.1, 0.15) is 0 Å². The van der Waals surface area contributed by atoms with Crippen LogP contribution in [0.15, 0.2) is 29.0 Å². The first-order valence-corrected chi connectivity index (χ1v) is 4.88. The predicted octanol–water partition coefficient (Wildman–Crippen LogP) is 3.36. The van der Waals surface area contributed by atoms with E-state index in [9.17, 15) is 0 Å². The molecule has 0 bridgehead atoms. The average Bonchev–Trinajstić information content (AvgIpc) is 2.28. The minimum atomic E-state index is 0.0869. The highest BCUT2D eigenvalue weighted by molar-refractivity contribution is 6.35. The highest BCUT2D eigenvalue weighted by Gasteiger charge is 2.05. The van der Waals surface area contributed by atoms with Crippen LogP contribution in [0.2, 0.25) is 0 Å². The number of hydrogen-bond donors (Lipinski definition) is 0. The quantitative estimate of drug-likeness (QED) is 0.765. The normalized spacial score (nSPS) is 11.1. The molecule has 0 aliphatic carbocycles. The standard InChI is InChI=1S/C10H10Cl2O3/c1-13-8-4-3-7(5-9(8)14-2)15-10(12)6-11/h3-6H,1-2H3/b10-6-. The number of methoxy groups -OCH3 is 2. The molecule has 0 unspecified atom stereocenters. The lowest BCUT2D eigenvalue weighted by atomic mass is 10.3. The van der Waals surface area contributed by atoms with Crippen LogP contribution in [0.3, 0.4) is 0 Å². The second-order valence-corrected chi connectivity index (χ2v) is 3.12. The van der Waals surface area contributed by atoms with E-state index in [0.29, 0.717) is 17.2 Å². The topological polar surface area (TPSA) is 27.7 Å². The SMILES string of the molecule is COc1ccc(O/C(Cl)=C\Cl)cc1OC. The van der Waals surface area contributed by atoms with Crippen molar-refractivity contribution in [2.75, 3.05) is 14.2 Å². The maximum absolute atomic E-state index is 5.60. The molecule has 15 heavy (non-hydrogen) atoms. The zero-order valence-corrected chi connectivity index (χ0v) is 9.80. The van der Waals surface area contributed by atoms with Gasteiger partial charge in [0.1, 0.15) is 5.75 Å². The van der Waals surface area contributed by atoms with Gasteiger partial charge in [0.05, 0.1) is 19.8 Å². The van der Waals surface area contributed by atoms with Crippen molar-refractivity contribution in [3.8, 4) is 17.2 Å². The lowest BCUT2D eigenvalue weighted by Crippen LogP contribution is -1.92. The van der Waals surface area contributed by atoms with Crippen molar-refractivity contribution in [2.45, 2.75) is 0 Å². The van der Waals surface area contributed by atoms with E-state index in [1.807, 2.05) is 0 Å². The second-order valence-electron chi connectivity index (χ2n) is 2.53. The Balaban J connectivity index is 2.93. The largest absolute Gasteiger partial charge is 0.493 e. The van der Waals surface area contributed by atoms with Crippen molar-refractivity contribution in [3.05, 3.63) is 29.0 Å². The van der Waals surface area contributed by atoms with Gasteiger partial charge in [-0.2, -0.15) is 0 Å². The lowest BCUT2D eigenvalue weighted by molar-refractivity contribution is 0.351. The van der Waals surface area contributed by atoms with Gasteiger partial charge in [-0.3, -0.25) is 0 Å². The van der Waals surface area contributed by atoms with Gasteiger partial charge in [0.25, 0.3) is 0 Å². The minimum Gasteiger partial charge on any atom is -0.493 e. The smallest absolute Gasteiger partial charge is 0.205 e. The number of halogens is 2. The summed E-state index contributed by atoms with van der Waals surface area (Å²) in [5.74, 6) is 1.71. The summed E-state index contributed by atoms with van der Waals surface area (Å²) in [6, 6.07) is 5.07. The third-order valence-electron chi connectivity index (χ3n) is 1.66. The zero-order chi connectivity index (χ0) is 11.3. The minimum absolute atomic E-state index is 0.0869. The van der Waals surface area contributed by atoms with E-state index in [2.05, 4.69) is 0 Å². The summed E-state index contributed by atoms with van der Waals surface area (Å²) in [5, 5.41) is 0.0869. The Morgan fingerprint density at radius 3 is 2.40 bits per heavy atom. The molecule has 3 nitrogen and oxygen atoms in total. The van der Waals surface area contributed by atoms with Gasteiger partial charge in [-0.15, -0.1) is 0 Å². The first-order valence-electron chi connectivity index (χ1n) is 4.07. The molecule has 0 aliphatic heterocycles. The van der Waals surface area contributed by atoms with Crippen LogP contribution in [0.4, 0.5) is 0 Å². The Morgan fingerprint density at radius 2 is 1.87 bits per heavy atom. The third-order valence-corrected chi connectivity index (χ3v) is 2.15. The molecule has 0 aliphatic rings. The van der Waals surface area contributed by atoms with Crippen LogP contribution in [0, 0.1) is 0 Å². The summed E-state index contributed by atoms with van der Waals surface area (Å²) in [5.41, 5.74) is 1.14. The van der Waals surface area contributed by atoms with Crippen LogP contribution in [-0.2, 0) is 0 Å². The Labute approximate surface area is 98.1 Å². The summed E-state index contributed by atoms with van der Waals surface area (Å²) < 4.78 is 15.3. The number of rotatable bonds is 4. The molecule has 5 heteroatoms. The molecule has 0 heterocycles. The monoisotopic (exact) mass is 248 g/mol. The van der Waals surface area contributed by atoms with Crippen LogP contribution < -0.4 is 14.2 Å². The van der Waals surface area contributed by atoms with E-state index < -0.39 is 0 Å². The van der Waals surface area contributed by atoms with E-state index >= 15 is 0 Å². The van der Waals surface area contributed by atoms with Crippen molar-refractivity contribution in [2.24, 2.45) is 0 Å². The van der Waals surface area contributed by atoms with E-state index in [4.69, 9.17) is 37.4 Å². The summed E-state index contributed by atoms with van der Waals surface area (Å²) in [6.45, 7) is 0. The number of hydrogen-bond acceptors (Lipinski definition) is 3. The van der Waals surface area contributed by atoms with Crippen molar-refractivity contribution >= 4 is 23.2 Å². The average molecular weight is 249 g/mol. The third kappa shape index (κ3) is 3.22. The van der Waals surface area contributed by atoms with Gasteiger partial charge in [-0.1, -0.05) is 11.6 Å². The maximum Gasteiger partial charge on any atom is 0.205 e. The Morgan fingerprint density at radius 1 is 1.20 bits per heavy atom. The van der Waals surface area contributed by atoms with E-state index in [0.717, 1.165) is 5.54 Å². The second kappa shape index (κ2) is 5.73. The molecule has 0 amide bonds. The predicted molar refractivity (Wildman–Crippen MR) is 60.0 cm³/mol. The molecule has 1 aromatic rings. The van der Waals surface area contributed by atoms with Gasteiger partial charge < -0.3 is 14.2 Å². The molecular weight excluding hydrogens is 239 g/mol. The number of ether oxygens (including phenoxy) is 3. The van der Waals surface area contributed by atoms with Crippen LogP contribution in [-0.4, -0.2) is 14.2 Å². The molecule has 0 saturated carbocycles. The molecule has 82 valence electrons. The number of benzene rings is 1. The molecule has 0 aromatic heterocycles. The van der Waals surface area contributed by atoms with Gasteiger partial charge in [0.15, 0.2) is 11.5 Å². The van der Waals surface area contributed by atoms with Gasteiger partial charge in [-0.05, 0) is 23.7 Å². The molecule has 0 fully saturated rings. The van der Waals surface area contributed by atoms with Gasteiger partial charge in [0.2, 0.25) is 5.22 Å². The van der Waals surface area contributed by atoms with E-state index in [1.165, 1.54) is 0 Å². The fourth-order valence-corrected chi connectivity index (χ4v) is 1.15. The molecule has 1 aromatic carbocycles. The summed E-state index contributed by atoms with van der Waals surface area (Å²) in [7, 11) is 3.10. The van der Waals surface area contributed by atoms with Crippen molar-refractivity contribution in [1.29, 1.82) is 0 Å². The van der Waals surface area contributed by atoms with Gasteiger partial charge in [-0.25, -0.2) is 0 Å². The van der Waals surface area contributed by atoms with Crippen LogP contribution >= 0.6 is 23.2 Å². The van der Waals surface area contributed by atoms with Gasteiger partial charge >= 0.3 is 0 Å². The lowest BCUT2D eigenvalue weighted by Gasteiger charge is -2.09. The van der Waals surface area contributed by atoms with Crippen molar-refractivity contribution < 1.29 is 14.2 Å². The Hall–Kier alpha value is -1.06. The molecular formula is C10H10Cl2O3. The summed E-state index contributed by atoms with van der Waals surface area (Å²) in [4.78, 5) is 0. The van der Waals surface area contributed by atoms with Crippen LogP contribution in [0.25, 0.3) is 0 Å². The Kier molecular flexibility index (Phi) is 4.59. The van der Waals surface area contributed by atoms with E-state index in [1.54, 1.807) is 32.4 Å². The fourth-order valence-electron chi connectivity index (χ4n) is 1.01. The zero-order valence-electron chi connectivity index (χ0n) is 8.29. The fraction of sp³-hybridized carbons (Fsp3) is 0.200. The maximum atomic E-state index is 5.60. The summed E-state index contributed by atoms with van der Waals surface area (Å²) in [6.07, 6.45) is 0. The van der Waals surface area contributed by atoms with Crippen molar-refractivity contribution in [1.82, 2.24) is 0 Å². The first-order chi connectivity index (χ1) is 7.21. The molecule has 1 rings (SSSR count). The molecule has 0 atom stereocenters. The Bertz CT molecular complexity index is 364. The summed E-state index contributed by atoms with van der Waals surface area (Å²) >= 11 is 11.0. The molecule has 0 N–H and O–H groups in total. The highest BCUT2D eigenvalue weighted by Crippen LogP contribution is 2.31. The molecule has 0 saturated heterocycles.